The van der Waals surface area contributed by atoms with E-state index in [1.54, 1.807) is 6.08 Å². The molecule has 2 rings (SSSR count). The predicted octanol–water partition coefficient (Wildman–Crippen LogP) is 2.49. The molecule has 3 nitrogen and oxygen atoms in total. The summed E-state index contributed by atoms with van der Waals surface area (Å²) in [4.78, 5) is 2.09. The second kappa shape index (κ2) is 5.62. The summed E-state index contributed by atoms with van der Waals surface area (Å²) in [6.45, 7) is 4.87. The Bertz CT molecular complexity index is 410. The maximum absolute atomic E-state index is 9.19. The Balaban J connectivity index is 2.18. The van der Waals surface area contributed by atoms with Crippen LogP contribution >= 0.6 is 0 Å². The summed E-state index contributed by atoms with van der Waals surface area (Å²) in [6.07, 6.45) is 2.46. The lowest BCUT2D eigenvalue weighted by Gasteiger charge is -2.26. The molecule has 1 aliphatic rings. The Morgan fingerprint density at radius 1 is 1.53 bits per heavy atom. The minimum absolute atomic E-state index is 0.153. The largest absolute Gasteiger partial charge is 0.364 e. The fourth-order valence-electron chi connectivity index (χ4n) is 2.15. The van der Waals surface area contributed by atoms with Gasteiger partial charge in [0.05, 0.1) is 18.7 Å². The SMILES string of the molecule is C=CCC(C#N)N1COCC1c1ccccc1. The van der Waals surface area contributed by atoms with E-state index in [0.29, 0.717) is 19.8 Å². The Labute approximate surface area is 102 Å². The second-order valence-corrected chi connectivity index (χ2v) is 4.11. The first-order valence-electron chi connectivity index (χ1n) is 5.75. The Kier molecular flexibility index (Phi) is 3.92. The zero-order valence-corrected chi connectivity index (χ0v) is 9.75. The first-order valence-corrected chi connectivity index (χ1v) is 5.75. The van der Waals surface area contributed by atoms with Gasteiger partial charge < -0.3 is 4.74 Å². The summed E-state index contributed by atoms with van der Waals surface area (Å²) in [5.41, 5.74) is 1.20. The van der Waals surface area contributed by atoms with Gasteiger partial charge in [0.1, 0.15) is 12.8 Å². The van der Waals surface area contributed by atoms with Gasteiger partial charge in [0.25, 0.3) is 0 Å². The smallest absolute Gasteiger partial charge is 0.104 e. The predicted molar refractivity (Wildman–Crippen MR) is 66.1 cm³/mol. The monoisotopic (exact) mass is 228 g/mol. The highest BCUT2D eigenvalue weighted by Crippen LogP contribution is 2.28. The Morgan fingerprint density at radius 3 is 2.94 bits per heavy atom. The van der Waals surface area contributed by atoms with Crippen molar-refractivity contribution in [1.29, 1.82) is 5.26 Å². The van der Waals surface area contributed by atoms with Crippen molar-refractivity contribution >= 4 is 0 Å². The van der Waals surface area contributed by atoms with E-state index in [2.05, 4.69) is 29.7 Å². The number of benzene rings is 1. The molecule has 3 heteroatoms. The van der Waals surface area contributed by atoms with Crippen molar-refractivity contribution in [2.75, 3.05) is 13.3 Å². The van der Waals surface area contributed by atoms with Crippen LogP contribution in [0, 0.1) is 11.3 Å². The van der Waals surface area contributed by atoms with Gasteiger partial charge in [-0.2, -0.15) is 5.26 Å². The molecule has 1 aliphatic heterocycles. The molecule has 0 bridgehead atoms. The van der Waals surface area contributed by atoms with Crippen LogP contribution in [0.2, 0.25) is 0 Å². The van der Waals surface area contributed by atoms with Gasteiger partial charge in [-0.25, -0.2) is 0 Å². The number of ether oxygens (including phenoxy) is 1. The molecule has 2 unspecified atom stereocenters. The van der Waals surface area contributed by atoms with E-state index in [1.165, 1.54) is 5.56 Å². The molecule has 0 aromatic heterocycles. The normalized spacial score (nSPS) is 21.9. The fraction of sp³-hybridized carbons (Fsp3) is 0.357. The summed E-state index contributed by atoms with van der Waals surface area (Å²) in [6, 6.07) is 12.5. The summed E-state index contributed by atoms with van der Waals surface area (Å²) >= 11 is 0. The molecule has 1 aromatic carbocycles. The van der Waals surface area contributed by atoms with Crippen LogP contribution in [0.4, 0.5) is 0 Å². The molecule has 88 valence electrons. The highest BCUT2D eigenvalue weighted by molar-refractivity contribution is 5.20. The molecule has 2 atom stereocenters. The summed E-state index contributed by atoms with van der Waals surface area (Å²) < 4.78 is 5.49. The topological polar surface area (TPSA) is 36.3 Å². The van der Waals surface area contributed by atoms with E-state index in [9.17, 15) is 5.26 Å². The summed E-state index contributed by atoms with van der Waals surface area (Å²) in [5, 5.41) is 9.19. The van der Waals surface area contributed by atoms with Crippen molar-refractivity contribution in [2.24, 2.45) is 0 Å². The maximum Gasteiger partial charge on any atom is 0.104 e. The van der Waals surface area contributed by atoms with Crippen LogP contribution in [-0.4, -0.2) is 24.3 Å². The molecule has 0 saturated carbocycles. The molecule has 0 spiro atoms. The van der Waals surface area contributed by atoms with Crippen molar-refractivity contribution in [2.45, 2.75) is 18.5 Å². The summed E-state index contributed by atoms with van der Waals surface area (Å²) in [7, 11) is 0. The molecule has 1 heterocycles. The quantitative estimate of drug-likeness (QED) is 0.743. The molecular formula is C14H16N2O. The molecule has 0 amide bonds. The molecule has 0 radical (unpaired) electrons. The third-order valence-electron chi connectivity index (χ3n) is 3.04. The lowest BCUT2D eigenvalue weighted by Crippen LogP contribution is -2.34. The van der Waals surface area contributed by atoms with Crippen LogP contribution in [0.1, 0.15) is 18.0 Å². The fourth-order valence-corrected chi connectivity index (χ4v) is 2.15. The lowest BCUT2D eigenvalue weighted by molar-refractivity contribution is 0.123. The Morgan fingerprint density at radius 2 is 2.29 bits per heavy atom. The third-order valence-corrected chi connectivity index (χ3v) is 3.04. The number of nitrogens with zero attached hydrogens (tertiary/aromatic N) is 2. The maximum atomic E-state index is 9.19. The van der Waals surface area contributed by atoms with Crippen LogP contribution in [0.5, 0.6) is 0 Å². The van der Waals surface area contributed by atoms with Crippen LogP contribution < -0.4 is 0 Å². The van der Waals surface area contributed by atoms with Crippen LogP contribution in [0.3, 0.4) is 0 Å². The van der Waals surface area contributed by atoms with Crippen molar-refractivity contribution in [3.05, 3.63) is 48.6 Å². The molecule has 0 N–H and O–H groups in total. The molecule has 1 fully saturated rings. The van der Waals surface area contributed by atoms with Gasteiger partial charge in [0.2, 0.25) is 0 Å². The zero-order valence-electron chi connectivity index (χ0n) is 9.75. The van der Waals surface area contributed by atoms with Gasteiger partial charge in [0.15, 0.2) is 0 Å². The van der Waals surface area contributed by atoms with Crippen molar-refractivity contribution in [3.8, 4) is 6.07 Å². The minimum Gasteiger partial charge on any atom is -0.364 e. The molecule has 17 heavy (non-hydrogen) atoms. The van der Waals surface area contributed by atoms with Gasteiger partial charge in [-0.1, -0.05) is 36.4 Å². The van der Waals surface area contributed by atoms with Gasteiger partial charge in [-0.15, -0.1) is 6.58 Å². The Hall–Kier alpha value is -1.63. The summed E-state index contributed by atoms with van der Waals surface area (Å²) in [5.74, 6) is 0. The molecule has 0 aliphatic carbocycles. The zero-order chi connectivity index (χ0) is 12.1. The minimum atomic E-state index is -0.153. The van der Waals surface area contributed by atoms with Gasteiger partial charge in [-0.3, -0.25) is 4.90 Å². The third kappa shape index (κ3) is 2.55. The molecule has 1 aromatic rings. The van der Waals surface area contributed by atoms with E-state index in [-0.39, 0.29) is 12.1 Å². The van der Waals surface area contributed by atoms with E-state index < -0.39 is 0 Å². The van der Waals surface area contributed by atoms with Gasteiger partial charge in [0, 0.05) is 0 Å². The van der Waals surface area contributed by atoms with E-state index >= 15 is 0 Å². The van der Waals surface area contributed by atoms with Gasteiger partial charge in [-0.05, 0) is 12.0 Å². The van der Waals surface area contributed by atoms with Crippen LogP contribution in [-0.2, 0) is 4.74 Å². The number of hydrogen-bond donors (Lipinski definition) is 0. The number of nitriles is 1. The number of hydrogen-bond acceptors (Lipinski definition) is 3. The van der Waals surface area contributed by atoms with Crippen molar-refractivity contribution < 1.29 is 4.74 Å². The second-order valence-electron chi connectivity index (χ2n) is 4.11. The highest BCUT2D eigenvalue weighted by atomic mass is 16.5. The van der Waals surface area contributed by atoms with Crippen LogP contribution in [0.25, 0.3) is 0 Å². The van der Waals surface area contributed by atoms with Crippen molar-refractivity contribution in [1.82, 2.24) is 4.90 Å². The van der Waals surface area contributed by atoms with E-state index in [1.807, 2.05) is 18.2 Å². The van der Waals surface area contributed by atoms with Crippen molar-refractivity contribution in [3.63, 3.8) is 0 Å². The number of rotatable bonds is 4. The highest BCUT2D eigenvalue weighted by Gasteiger charge is 2.31. The lowest BCUT2D eigenvalue weighted by atomic mass is 10.0. The van der Waals surface area contributed by atoms with E-state index in [4.69, 9.17) is 4.74 Å². The average Bonchev–Trinajstić information content (AvgIpc) is 2.86. The standard InChI is InChI=1S/C14H16N2O/c1-2-6-13(9-15)16-11-17-10-14(16)12-7-4-3-5-8-12/h2-5,7-8,13-14H,1,6,10-11H2. The van der Waals surface area contributed by atoms with Crippen LogP contribution in [0.15, 0.2) is 43.0 Å². The van der Waals surface area contributed by atoms with Gasteiger partial charge >= 0.3 is 0 Å². The molecule has 1 saturated heterocycles. The first kappa shape index (κ1) is 11.8. The average molecular weight is 228 g/mol. The molecular weight excluding hydrogens is 212 g/mol. The first-order chi connectivity index (χ1) is 8.36. The van der Waals surface area contributed by atoms with E-state index in [0.717, 1.165) is 0 Å².